The van der Waals surface area contributed by atoms with E-state index >= 15 is 0 Å². The lowest BCUT2D eigenvalue weighted by atomic mass is 10.1. The average molecular weight is 377 g/mol. The van der Waals surface area contributed by atoms with Crippen molar-refractivity contribution >= 4 is 17.6 Å². The van der Waals surface area contributed by atoms with Crippen molar-refractivity contribution in [2.45, 2.75) is 39.8 Å². The number of carbonyl (C=O) groups is 2. The summed E-state index contributed by atoms with van der Waals surface area (Å²) in [5.41, 5.74) is -0.661. The summed E-state index contributed by atoms with van der Waals surface area (Å²) in [6.45, 7) is 4.11. The highest BCUT2D eigenvalue weighted by molar-refractivity contribution is 5.96. The zero-order chi connectivity index (χ0) is 19.8. The van der Waals surface area contributed by atoms with E-state index in [0.29, 0.717) is 12.4 Å². The monoisotopic (exact) mass is 377 g/mol. The van der Waals surface area contributed by atoms with Crippen LogP contribution in [0.25, 0.3) is 0 Å². The summed E-state index contributed by atoms with van der Waals surface area (Å²) < 4.78 is 11.5. The molecule has 2 aromatic rings. The number of nitrogens with zero attached hydrogens (tertiary/aromatic N) is 5. The molecule has 1 aromatic heterocycles. The maximum Gasteiger partial charge on any atom is 0.338 e. The molecule has 0 aliphatic heterocycles. The predicted molar refractivity (Wildman–Crippen MR) is 90.9 cm³/mol. The quantitative estimate of drug-likeness (QED) is 0.364. The number of tetrazole rings is 1. The fourth-order valence-electron chi connectivity index (χ4n) is 2.19. The molecule has 0 amide bonds. The molecule has 0 bridgehead atoms. The number of non-ortho nitro benzene ring substituents is 1. The van der Waals surface area contributed by atoms with Gasteiger partial charge in [-0.15, -0.1) is 5.10 Å². The van der Waals surface area contributed by atoms with Gasteiger partial charge >= 0.3 is 11.9 Å². The zero-order valence-corrected chi connectivity index (χ0v) is 15.0. The topological polar surface area (TPSA) is 139 Å². The molecule has 0 aliphatic carbocycles. The van der Waals surface area contributed by atoms with Crippen molar-refractivity contribution in [3.63, 3.8) is 0 Å². The number of aromatic nitrogens is 4. The van der Waals surface area contributed by atoms with E-state index in [1.54, 1.807) is 6.92 Å². The van der Waals surface area contributed by atoms with Gasteiger partial charge in [0.15, 0.2) is 12.4 Å². The Hall–Kier alpha value is -3.37. The fraction of sp³-hybridized carbons (Fsp3) is 0.438. The molecular weight excluding hydrogens is 358 g/mol. The number of hydrogen-bond acceptors (Lipinski definition) is 9. The van der Waals surface area contributed by atoms with Gasteiger partial charge in [0.1, 0.15) is 0 Å². The number of esters is 2. The van der Waals surface area contributed by atoms with E-state index in [1.165, 1.54) is 10.7 Å². The summed E-state index contributed by atoms with van der Waals surface area (Å²) in [4.78, 5) is 34.5. The van der Waals surface area contributed by atoms with Gasteiger partial charge in [0.25, 0.3) is 5.69 Å². The number of aryl methyl sites for hydroxylation is 1. The number of unbranched alkanes of at least 4 members (excludes halogenated alkanes) is 1. The molecule has 11 nitrogen and oxygen atoms in total. The molecule has 11 heteroatoms. The smallest absolute Gasteiger partial charge is 0.338 e. The van der Waals surface area contributed by atoms with Crippen molar-refractivity contribution < 1.29 is 24.0 Å². The lowest BCUT2D eigenvalue weighted by Gasteiger charge is -2.07. The molecular formula is C16H19N5O6. The molecule has 0 atom stereocenters. The Kier molecular flexibility index (Phi) is 6.92. The van der Waals surface area contributed by atoms with Crippen LogP contribution in [0.5, 0.6) is 0 Å². The molecule has 1 heterocycles. The summed E-state index contributed by atoms with van der Waals surface area (Å²) in [5, 5.41) is 22.2. The number of carbonyl (C=O) groups excluding carboxylic acids is 2. The molecule has 0 spiro atoms. The molecule has 0 unspecified atom stereocenters. The minimum Gasteiger partial charge on any atom is -0.462 e. The number of ether oxygens (including phenoxy) is 2. The highest BCUT2D eigenvalue weighted by atomic mass is 16.6. The van der Waals surface area contributed by atoms with E-state index in [-0.39, 0.29) is 24.3 Å². The lowest BCUT2D eigenvalue weighted by Crippen LogP contribution is -2.13. The van der Waals surface area contributed by atoms with Crippen molar-refractivity contribution in [1.82, 2.24) is 20.2 Å². The third kappa shape index (κ3) is 5.30. The first-order valence-electron chi connectivity index (χ1n) is 8.35. The van der Waals surface area contributed by atoms with Gasteiger partial charge in [-0.3, -0.25) is 10.1 Å². The molecule has 0 saturated carbocycles. The van der Waals surface area contributed by atoms with Gasteiger partial charge in [-0.05, 0) is 29.8 Å². The van der Waals surface area contributed by atoms with Gasteiger partial charge in [0.05, 0.1) is 22.7 Å². The van der Waals surface area contributed by atoms with Crippen LogP contribution in [-0.2, 0) is 22.6 Å². The molecule has 0 fully saturated rings. The van der Waals surface area contributed by atoms with Crippen molar-refractivity contribution in [2.24, 2.45) is 0 Å². The summed E-state index contributed by atoms with van der Waals surface area (Å²) in [6, 6.07) is 3.26. The first-order chi connectivity index (χ1) is 13.0. The standard InChI is InChI=1S/C16H19N5O6/c1-3-5-6-20-14(17-18-19-20)10-27-16(23)12-7-11(15(22)26-4-2)8-13(9-12)21(24)25/h7-9H,3-6,10H2,1-2H3. The average Bonchev–Trinajstić information content (AvgIpc) is 3.11. The first-order valence-corrected chi connectivity index (χ1v) is 8.35. The molecule has 0 N–H and O–H groups in total. The van der Waals surface area contributed by atoms with Crippen LogP contribution in [0, 0.1) is 10.1 Å². The van der Waals surface area contributed by atoms with Crippen molar-refractivity contribution in [3.05, 3.63) is 45.3 Å². The second-order valence-electron chi connectivity index (χ2n) is 5.49. The largest absolute Gasteiger partial charge is 0.462 e. The van der Waals surface area contributed by atoms with E-state index in [4.69, 9.17) is 9.47 Å². The van der Waals surface area contributed by atoms with Crippen LogP contribution in [0.2, 0.25) is 0 Å². The van der Waals surface area contributed by atoms with Gasteiger partial charge < -0.3 is 9.47 Å². The van der Waals surface area contributed by atoms with E-state index in [0.717, 1.165) is 25.0 Å². The number of benzene rings is 1. The van der Waals surface area contributed by atoms with Crippen molar-refractivity contribution in [2.75, 3.05) is 6.61 Å². The highest BCUT2D eigenvalue weighted by Gasteiger charge is 2.20. The lowest BCUT2D eigenvalue weighted by molar-refractivity contribution is -0.384. The fourth-order valence-corrected chi connectivity index (χ4v) is 2.19. The number of nitro benzene ring substituents is 1. The molecule has 0 saturated heterocycles. The van der Waals surface area contributed by atoms with Gasteiger partial charge in [0.2, 0.25) is 0 Å². The highest BCUT2D eigenvalue weighted by Crippen LogP contribution is 2.19. The van der Waals surface area contributed by atoms with Crippen LogP contribution in [0.4, 0.5) is 5.69 Å². The van der Waals surface area contributed by atoms with Crippen molar-refractivity contribution in [3.8, 4) is 0 Å². The normalized spacial score (nSPS) is 10.4. The Morgan fingerprint density at radius 2 is 1.81 bits per heavy atom. The van der Waals surface area contributed by atoms with Crippen LogP contribution in [0.15, 0.2) is 18.2 Å². The van der Waals surface area contributed by atoms with E-state index in [9.17, 15) is 19.7 Å². The maximum absolute atomic E-state index is 12.3. The summed E-state index contributed by atoms with van der Waals surface area (Å²) in [5.74, 6) is -1.25. The van der Waals surface area contributed by atoms with Crippen LogP contribution < -0.4 is 0 Å². The van der Waals surface area contributed by atoms with Gasteiger partial charge in [-0.1, -0.05) is 13.3 Å². The third-order valence-electron chi connectivity index (χ3n) is 3.54. The van der Waals surface area contributed by atoms with Crippen LogP contribution in [0.3, 0.4) is 0 Å². The number of nitro groups is 1. The van der Waals surface area contributed by atoms with E-state index < -0.39 is 22.5 Å². The molecule has 144 valence electrons. The Morgan fingerprint density at radius 3 is 2.41 bits per heavy atom. The number of rotatable bonds is 9. The van der Waals surface area contributed by atoms with E-state index in [1.807, 2.05) is 6.92 Å². The Balaban J connectivity index is 2.16. The Labute approximate surface area is 154 Å². The minimum absolute atomic E-state index is 0.0989. The van der Waals surface area contributed by atoms with Crippen LogP contribution in [-0.4, -0.2) is 43.7 Å². The zero-order valence-electron chi connectivity index (χ0n) is 15.0. The van der Waals surface area contributed by atoms with Gasteiger partial charge in [0, 0.05) is 18.7 Å². The number of hydrogen-bond donors (Lipinski definition) is 0. The molecule has 0 aliphatic rings. The SMILES string of the molecule is CCCCn1nnnc1COC(=O)c1cc(C(=O)OCC)cc([N+](=O)[O-])c1. The molecule has 27 heavy (non-hydrogen) atoms. The van der Waals surface area contributed by atoms with Gasteiger partial charge in [-0.25, -0.2) is 14.3 Å². The molecule has 0 radical (unpaired) electrons. The van der Waals surface area contributed by atoms with Crippen molar-refractivity contribution in [1.29, 1.82) is 0 Å². The maximum atomic E-state index is 12.3. The first kappa shape index (κ1) is 19.9. The van der Waals surface area contributed by atoms with E-state index in [2.05, 4.69) is 15.5 Å². The molecule has 2 rings (SSSR count). The third-order valence-corrected chi connectivity index (χ3v) is 3.54. The van der Waals surface area contributed by atoms with Crippen LogP contribution >= 0.6 is 0 Å². The second kappa shape index (κ2) is 9.36. The Bertz CT molecular complexity index is 834. The predicted octanol–water partition coefficient (Wildman–Crippen LogP) is 1.92. The van der Waals surface area contributed by atoms with Crippen LogP contribution in [0.1, 0.15) is 53.2 Å². The Morgan fingerprint density at radius 1 is 1.15 bits per heavy atom. The minimum atomic E-state index is -0.839. The van der Waals surface area contributed by atoms with Gasteiger partial charge in [-0.2, -0.15) is 0 Å². The summed E-state index contributed by atoms with van der Waals surface area (Å²) in [6.07, 6.45) is 1.81. The molecule has 1 aromatic carbocycles. The summed E-state index contributed by atoms with van der Waals surface area (Å²) >= 11 is 0. The summed E-state index contributed by atoms with van der Waals surface area (Å²) in [7, 11) is 0. The second-order valence-corrected chi connectivity index (χ2v) is 5.49.